The summed E-state index contributed by atoms with van der Waals surface area (Å²) in [6.07, 6.45) is 3.51. The fourth-order valence-corrected chi connectivity index (χ4v) is 5.03. The first-order chi connectivity index (χ1) is 15.5. The van der Waals surface area contributed by atoms with Gasteiger partial charge >= 0.3 is 0 Å². The summed E-state index contributed by atoms with van der Waals surface area (Å²) in [7, 11) is 1.85. The van der Waals surface area contributed by atoms with E-state index < -0.39 is 5.41 Å². The van der Waals surface area contributed by atoms with E-state index >= 15 is 0 Å². The van der Waals surface area contributed by atoms with Gasteiger partial charge in [-0.05, 0) is 48.6 Å². The predicted octanol–water partition coefficient (Wildman–Crippen LogP) is 2.80. The van der Waals surface area contributed by atoms with E-state index in [9.17, 15) is 9.59 Å². The van der Waals surface area contributed by atoms with Gasteiger partial charge in [0.1, 0.15) is 5.82 Å². The van der Waals surface area contributed by atoms with Gasteiger partial charge in [-0.25, -0.2) is 5.10 Å². The number of aryl methyl sites for hydroxylation is 2. The molecule has 3 N–H and O–H groups in total. The summed E-state index contributed by atoms with van der Waals surface area (Å²) in [5.41, 5.74) is 10.6. The molecule has 1 spiro atoms. The SMILES string of the molecule is Cc1cccc2c1N(c1c(-c3ccc4c(=O)[nH]nc(CN)c4c3)cnn1C)C(=O)C21CC1. The van der Waals surface area contributed by atoms with Crippen LogP contribution in [0.1, 0.15) is 29.7 Å². The average molecular weight is 426 g/mol. The minimum Gasteiger partial charge on any atom is -0.325 e. The van der Waals surface area contributed by atoms with Crippen molar-refractivity contribution in [3.05, 3.63) is 69.8 Å². The van der Waals surface area contributed by atoms with E-state index in [2.05, 4.69) is 21.4 Å². The Morgan fingerprint density at radius 3 is 2.72 bits per heavy atom. The van der Waals surface area contributed by atoms with E-state index in [1.165, 1.54) is 0 Å². The average Bonchev–Trinajstić information content (AvgIpc) is 3.46. The molecule has 0 bridgehead atoms. The summed E-state index contributed by atoms with van der Waals surface area (Å²) in [6.45, 7) is 2.24. The van der Waals surface area contributed by atoms with Gasteiger partial charge in [-0.2, -0.15) is 10.2 Å². The van der Waals surface area contributed by atoms with Gasteiger partial charge in [-0.1, -0.05) is 24.3 Å². The zero-order chi connectivity index (χ0) is 22.2. The number of carbonyl (C=O) groups excluding carboxylic acids is 1. The maximum atomic E-state index is 13.7. The molecular weight excluding hydrogens is 404 g/mol. The van der Waals surface area contributed by atoms with Crippen molar-refractivity contribution in [1.82, 2.24) is 20.0 Å². The first kappa shape index (κ1) is 18.9. The molecule has 3 heterocycles. The van der Waals surface area contributed by atoms with E-state index in [0.29, 0.717) is 16.5 Å². The van der Waals surface area contributed by atoms with Gasteiger partial charge in [0.25, 0.3) is 5.56 Å². The van der Waals surface area contributed by atoms with Crippen LogP contribution in [0.25, 0.3) is 21.9 Å². The number of aromatic amines is 1. The first-order valence-electron chi connectivity index (χ1n) is 10.6. The van der Waals surface area contributed by atoms with Crippen molar-refractivity contribution >= 4 is 28.2 Å². The van der Waals surface area contributed by atoms with E-state index in [-0.39, 0.29) is 18.0 Å². The lowest BCUT2D eigenvalue weighted by atomic mass is 9.96. The van der Waals surface area contributed by atoms with Crippen LogP contribution in [0.2, 0.25) is 0 Å². The van der Waals surface area contributed by atoms with Crippen molar-refractivity contribution in [2.24, 2.45) is 12.8 Å². The van der Waals surface area contributed by atoms with Gasteiger partial charge in [-0.15, -0.1) is 0 Å². The molecule has 4 aromatic rings. The van der Waals surface area contributed by atoms with Crippen LogP contribution in [0.15, 0.2) is 47.4 Å². The van der Waals surface area contributed by atoms with Crippen LogP contribution in [0, 0.1) is 6.92 Å². The third-order valence-electron chi connectivity index (χ3n) is 6.83. The molecule has 8 nitrogen and oxygen atoms in total. The number of hydrogen-bond acceptors (Lipinski definition) is 5. The summed E-state index contributed by atoms with van der Waals surface area (Å²) in [5.74, 6) is 0.828. The second kappa shape index (κ2) is 6.37. The number of fused-ring (bicyclic) bond motifs is 3. The lowest BCUT2D eigenvalue weighted by Crippen LogP contribution is -2.30. The van der Waals surface area contributed by atoms with Crippen LogP contribution in [0.4, 0.5) is 11.5 Å². The van der Waals surface area contributed by atoms with Crippen LogP contribution in [0.5, 0.6) is 0 Å². The quantitative estimate of drug-likeness (QED) is 0.523. The van der Waals surface area contributed by atoms with Gasteiger partial charge < -0.3 is 5.73 Å². The molecule has 6 rings (SSSR count). The largest absolute Gasteiger partial charge is 0.325 e. The van der Waals surface area contributed by atoms with E-state index in [1.807, 2.05) is 43.1 Å². The molecule has 0 atom stereocenters. The number of nitrogens with one attached hydrogen (secondary N) is 1. The van der Waals surface area contributed by atoms with E-state index in [0.717, 1.165) is 46.6 Å². The molecule has 1 fully saturated rings. The van der Waals surface area contributed by atoms with Crippen molar-refractivity contribution in [3.63, 3.8) is 0 Å². The van der Waals surface area contributed by atoms with Gasteiger partial charge in [0.15, 0.2) is 0 Å². The zero-order valence-electron chi connectivity index (χ0n) is 17.8. The number of H-pyrrole nitrogens is 1. The number of benzene rings is 2. The van der Waals surface area contributed by atoms with Crippen molar-refractivity contribution in [2.75, 3.05) is 4.90 Å². The molecule has 1 saturated carbocycles. The van der Waals surface area contributed by atoms with Crippen molar-refractivity contribution in [1.29, 1.82) is 0 Å². The third kappa shape index (κ3) is 2.35. The Morgan fingerprint density at radius 2 is 1.97 bits per heavy atom. The summed E-state index contributed by atoms with van der Waals surface area (Å²) in [5, 5.41) is 12.3. The highest BCUT2D eigenvalue weighted by Gasteiger charge is 2.60. The first-order valence-corrected chi connectivity index (χ1v) is 10.6. The maximum absolute atomic E-state index is 13.7. The van der Waals surface area contributed by atoms with Crippen molar-refractivity contribution in [3.8, 4) is 11.1 Å². The number of nitrogens with two attached hydrogens (primary N) is 1. The number of rotatable bonds is 3. The topological polar surface area (TPSA) is 110 Å². The molecule has 0 unspecified atom stereocenters. The van der Waals surface area contributed by atoms with Crippen LogP contribution < -0.4 is 16.2 Å². The Bertz CT molecular complexity index is 1490. The van der Waals surface area contributed by atoms with Crippen LogP contribution in [-0.2, 0) is 23.8 Å². The number of nitrogens with zero attached hydrogens (tertiary/aromatic N) is 4. The Balaban J connectivity index is 1.59. The van der Waals surface area contributed by atoms with Crippen LogP contribution in [-0.4, -0.2) is 25.9 Å². The highest BCUT2D eigenvalue weighted by molar-refractivity contribution is 6.16. The summed E-state index contributed by atoms with van der Waals surface area (Å²) in [4.78, 5) is 27.8. The molecule has 2 aliphatic rings. The molecule has 160 valence electrons. The number of carbonyl (C=O) groups is 1. The van der Waals surface area contributed by atoms with E-state index in [4.69, 9.17) is 5.73 Å². The number of anilines is 2. The highest BCUT2D eigenvalue weighted by atomic mass is 16.2. The second-order valence-corrected chi connectivity index (χ2v) is 8.66. The summed E-state index contributed by atoms with van der Waals surface area (Å²) >= 11 is 0. The monoisotopic (exact) mass is 426 g/mol. The Kier molecular flexibility index (Phi) is 3.77. The molecule has 1 aliphatic carbocycles. The number of para-hydroxylation sites is 1. The molecular formula is C24H22N6O2. The van der Waals surface area contributed by atoms with Crippen LogP contribution in [0.3, 0.4) is 0 Å². The second-order valence-electron chi connectivity index (χ2n) is 8.66. The van der Waals surface area contributed by atoms with Gasteiger partial charge in [-0.3, -0.25) is 19.2 Å². The Hall–Kier alpha value is -3.78. The minimum absolute atomic E-state index is 0.105. The molecule has 1 amide bonds. The van der Waals surface area contributed by atoms with Gasteiger partial charge in [0.2, 0.25) is 5.91 Å². The van der Waals surface area contributed by atoms with Crippen LogP contribution >= 0.6 is 0 Å². The molecule has 2 aromatic carbocycles. The highest BCUT2D eigenvalue weighted by Crippen LogP contribution is 2.60. The van der Waals surface area contributed by atoms with Gasteiger partial charge in [0.05, 0.1) is 28.4 Å². The smallest absolute Gasteiger partial charge is 0.272 e. The third-order valence-corrected chi connectivity index (χ3v) is 6.83. The zero-order valence-corrected chi connectivity index (χ0v) is 17.8. The normalized spacial score (nSPS) is 16.2. The number of hydrogen-bond donors (Lipinski definition) is 2. The molecule has 8 heteroatoms. The summed E-state index contributed by atoms with van der Waals surface area (Å²) < 4.78 is 1.74. The lowest BCUT2D eigenvalue weighted by Gasteiger charge is -2.21. The molecule has 2 aromatic heterocycles. The molecule has 1 aliphatic heterocycles. The Labute approximate surface area is 183 Å². The molecule has 0 radical (unpaired) electrons. The minimum atomic E-state index is -0.407. The molecule has 0 saturated heterocycles. The standard InChI is InChI=1S/C24H22N6O2/c1-13-4-3-5-18-20(13)30(23(32)24(18)8-9-24)22-17(12-26-29(22)2)14-6-7-15-16(10-14)19(11-25)27-28-21(15)31/h3-7,10,12H,8-9,11,25H2,1-2H3,(H,28,31). The van der Waals surface area contributed by atoms with E-state index in [1.54, 1.807) is 16.9 Å². The number of amides is 1. The predicted molar refractivity (Wildman–Crippen MR) is 122 cm³/mol. The molecule has 32 heavy (non-hydrogen) atoms. The van der Waals surface area contributed by atoms with Gasteiger partial charge in [0, 0.05) is 24.5 Å². The van der Waals surface area contributed by atoms with Crippen molar-refractivity contribution in [2.45, 2.75) is 31.7 Å². The fourth-order valence-electron chi connectivity index (χ4n) is 5.03. The number of aromatic nitrogens is 4. The lowest BCUT2D eigenvalue weighted by molar-refractivity contribution is -0.119. The Morgan fingerprint density at radius 1 is 1.16 bits per heavy atom. The maximum Gasteiger partial charge on any atom is 0.272 e. The fraction of sp³-hybridized carbons (Fsp3) is 0.250. The van der Waals surface area contributed by atoms with Crippen molar-refractivity contribution < 1.29 is 4.79 Å². The summed E-state index contributed by atoms with van der Waals surface area (Å²) in [6, 6.07) is 11.7.